The van der Waals surface area contributed by atoms with E-state index in [-0.39, 0.29) is 29.9 Å². The standard InChI is InChI=1S/C18H32N6OS.HI/c1-6-19-18(20-11-16-13(2)21-14(3)26-16)22-15-7-9-24(10-8-15)12-17(25)23(4)5;/h15H,6-12H2,1-5H3,(H2,19,20,22);1H. The Labute approximate surface area is 184 Å². The summed E-state index contributed by atoms with van der Waals surface area (Å²) in [5.41, 5.74) is 1.07. The Morgan fingerprint density at radius 2 is 2.00 bits per heavy atom. The Morgan fingerprint density at radius 3 is 2.52 bits per heavy atom. The molecule has 27 heavy (non-hydrogen) atoms. The van der Waals surface area contributed by atoms with E-state index in [1.807, 2.05) is 27.9 Å². The number of hydrogen-bond acceptors (Lipinski definition) is 5. The number of aromatic nitrogens is 1. The lowest BCUT2D eigenvalue weighted by Crippen LogP contribution is -2.50. The molecule has 2 rings (SSSR count). The predicted molar refractivity (Wildman–Crippen MR) is 123 cm³/mol. The molecule has 0 atom stereocenters. The molecule has 1 saturated heterocycles. The topological polar surface area (TPSA) is 72.9 Å². The Balaban J connectivity index is 0.00000364. The van der Waals surface area contributed by atoms with Gasteiger partial charge in [-0.3, -0.25) is 9.69 Å². The zero-order valence-electron chi connectivity index (χ0n) is 17.0. The first kappa shape index (κ1) is 24.1. The smallest absolute Gasteiger partial charge is 0.236 e. The predicted octanol–water partition coefficient (Wildman–Crippen LogP) is 1.99. The van der Waals surface area contributed by atoms with Crippen LogP contribution in [-0.2, 0) is 11.3 Å². The fraction of sp³-hybridized carbons (Fsp3) is 0.722. The van der Waals surface area contributed by atoms with E-state index in [4.69, 9.17) is 4.99 Å². The number of likely N-dealkylation sites (N-methyl/N-ethyl adjacent to an activating group) is 1. The number of likely N-dealkylation sites (tertiary alicyclic amines) is 1. The second-order valence-electron chi connectivity index (χ2n) is 6.92. The first-order valence-electron chi connectivity index (χ1n) is 9.29. The van der Waals surface area contributed by atoms with Crippen molar-refractivity contribution in [2.45, 2.75) is 46.2 Å². The van der Waals surface area contributed by atoms with E-state index in [1.165, 1.54) is 4.88 Å². The normalized spacial score (nSPS) is 16.0. The van der Waals surface area contributed by atoms with Crippen molar-refractivity contribution in [3.05, 3.63) is 15.6 Å². The van der Waals surface area contributed by atoms with E-state index in [2.05, 4.69) is 27.4 Å². The molecule has 154 valence electrons. The van der Waals surface area contributed by atoms with Gasteiger partial charge >= 0.3 is 0 Å². The van der Waals surface area contributed by atoms with Crippen LogP contribution in [0.2, 0.25) is 0 Å². The minimum Gasteiger partial charge on any atom is -0.357 e. The highest BCUT2D eigenvalue weighted by Gasteiger charge is 2.22. The lowest BCUT2D eigenvalue weighted by Gasteiger charge is -2.33. The summed E-state index contributed by atoms with van der Waals surface area (Å²) >= 11 is 1.71. The molecular weight excluding hydrogens is 475 g/mol. The minimum absolute atomic E-state index is 0. The fourth-order valence-electron chi connectivity index (χ4n) is 2.95. The number of carbonyl (C=O) groups excluding carboxylic acids is 1. The SMILES string of the molecule is CCNC(=NCc1sc(C)nc1C)NC1CCN(CC(=O)N(C)C)CC1.I. The molecule has 1 aliphatic heterocycles. The number of nitrogens with zero attached hydrogens (tertiary/aromatic N) is 4. The van der Waals surface area contributed by atoms with Crippen LogP contribution in [0.1, 0.15) is 35.3 Å². The zero-order chi connectivity index (χ0) is 19.1. The average Bonchev–Trinajstić information content (AvgIpc) is 2.92. The number of hydrogen-bond donors (Lipinski definition) is 2. The molecule has 1 fully saturated rings. The third-order valence-electron chi connectivity index (χ3n) is 4.51. The van der Waals surface area contributed by atoms with Gasteiger partial charge in [0.15, 0.2) is 5.96 Å². The van der Waals surface area contributed by atoms with Crippen molar-refractivity contribution >= 4 is 47.2 Å². The number of amides is 1. The molecule has 2 heterocycles. The number of thiazole rings is 1. The van der Waals surface area contributed by atoms with Gasteiger partial charge in [-0.15, -0.1) is 35.3 Å². The van der Waals surface area contributed by atoms with Gasteiger partial charge in [0.05, 0.1) is 23.8 Å². The highest BCUT2D eigenvalue weighted by Crippen LogP contribution is 2.18. The van der Waals surface area contributed by atoms with Crippen molar-refractivity contribution in [1.29, 1.82) is 0 Å². The van der Waals surface area contributed by atoms with Crippen LogP contribution in [0.15, 0.2) is 4.99 Å². The number of guanidine groups is 1. The van der Waals surface area contributed by atoms with E-state index >= 15 is 0 Å². The van der Waals surface area contributed by atoms with Crippen LogP contribution in [0.3, 0.4) is 0 Å². The van der Waals surface area contributed by atoms with E-state index in [1.54, 1.807) is 16.2 Å². The maximum Gasteiger partial charge on any atom is 0.236 e. The summed E-state index contributed by atoms with van der Waals surface area (Å²) in [5.74, 6) is 1.03. The Bertz CT molecular complexity index is 625. The molecule has 9 heteroatoms. The van der Waals surface area contributed by atoms with Gasteiger partial charge in [0, 0.05) is 44.6 Å². The molecule has 7 nitrogen and oxygen atoms in total. The highest BCUT2D eigenvalue weighted by molar-refractivity contribution is 14.0. The average molecular weight is 508 g/mol. The largest absolute Gasteiger partial charge is 0.357 e. The van der Waals surface area contributed by atoms with Crippen LogP contribution in [0.5, 0.6) is 0 Å². The third-order valence-corrected chi connectivity index (χ3v) is 5.57. The molecule has 1 aromatic rings. The van der Waals surface area contributed by atoms with Crippen LogP contribution in [0, 0.1) is 13.8 Å². The highest BCUT2D eigenvalue weighted by atomic mass is 127. The first-order chi connectivity index (χ1) is 12.4. The minimum atomic E-state index is 0. The number of nitrogens with one attached hydrogen (secondary N) is 2. The lowest BCUT2D eigenvalue weighted by molar-refractivity contribution is -0.130. The molecule has 0 aliphatic carbocycles. The van der Waals surface area contributed by atoms with Crippen LogP contribution >= 0.6 is 35.3 Å². The molecule has 0 aromatic carbocycles. The second kappa shape index (κ2) is 11.8. The molecule has 0 radical (unpaired) electrons. The summed E-state index contributed by atoms with van der Waals surface area (Å²) < 4.78 is 0. The van der Waals surface area contributed by atoms with E-state index in [0.29, 0.717) is 19.1 Å². The monoisotopic (exact) mass is 508 g/mol. The molecule has 2 N–H and O–H groups in total. The van der Waals surface area contributed by atoms with Crippen LogP contribution in [-0.4, -0.2) is 73.0 Å². The summed E-state index contributed by atoms with van der Waals surface area (Å²) in [6.07, 6.45) is 2.04. The number of rotatable bonds is 6. The Hall–Kier alpha value is -0.940. The van der Waals surface area contributed by atoms with Gasteiger partial charge in [0.2, 0.25) is 5.91 Å². The van der Waals surface area contributed by atoms with Gasteiger partial charge in [-0.25, -0.2) is 9.98 Å². The van der Waals surface area contributed by atoms with Crippen molar-refractivity contribution in [3.8, 4) is 0 Å². The first-order valence-corrected chi connectivity index (χ1v) is 10.1. The van der Waals surface area contributed by atoms with Gasteiger partial charge in [-0.1, -0.05) is 0 Å². The molecule has 0 saturated carbocycles. The van der Waals surface area contributed by atoms with Crippen molar-refractivity contribution < 1.29 is 4.79 Å². The van der Waals surface area contributed by atoms with E-state index in [9.17, 15) is 4.79 Å². The quantitative estimate of drug-likeness (QED) is 0.350. The lowest BCUT2D eigenvalue weighted by atomic mass is 10.1. The van der Waals surface area contributed by atoms with Crippen LogP contribution in [0.25, 0.3) is 0 Å². The molecule has 0 spiro atoms. The molecule has 1 aliphatic rings. The van der Waals surface area contributed by atoms with Crippen LogP contribution in [0.4, 0.5) is 0 Å². The number of halogens is 1. The van der Waals surface area contributed by atoms with Crippen molar-refractivity contribution in [2.24, 2.45) is 4.99 Å². The molecule has 1 aromatic heterocycles. The molecular formula is C18H33IN6OS. The van der Waals surface area contributed by atoms with Crippen LogP contribution < -0.4 is 10.6 Å². The number of aliphatic imine (C=N–C) groups is 1. The summed E-state index contributed by atoms with van der Waals surface area (Å²) in [5, 5.41) is 7.97. The molecule has 1 amide bonds. The van der Waals surface area contributed by atoms with Gasteiger partial charge < -0.3 is 15.5 Å². The van der Waals surface area contributed by atoms with Gasteiger partial charge in [-0.05, 0) is 33.6 Å². The third kappa shape index (κ3) is 7.90. The number of piperidine rings is 1. The van der Waals surface area contributed by atoms with Crippen molar-refractivity contribution in [3.63, 3.8) is 0 Å². The van der Waals surface area contributed by atoms with Gasteiger partial charge in [0.25, 0.3) is 0 Å². The Kier molecular flexibility index (Phi) is 10.5. The fourth-order valence-corrected chi connectivity index (χ4v) is 3.81. The second-order valence-corrected chi connectivity index (χ2v) is 8.21. The van der Waals surface area contributed by atoms with E-state index < -0.39 is 0 Å². The van der Waals surface area contributed by atoms with E-state index in [0.717, 1.165) is 49.1 Å². The summed E-state index contributed by atoms with van der Waals surface area (Å²) in [7, 11) is 3.62. The summed E-state index contributed by atoms with van der Waals surface area (Å²) in [4.78, 5) is 26.1. The molecule has 0 unspecified atom stereocenters. The number of carbonyl (C=O) groups is 1. The van der Waals surface area contributed by atoms with Gasteiger partial charge in [0.1, 0.15) is 0 Å². The maximum absolute atomic E-state index is 11.8. The van der Waals surface area contributed by atoms with Crippen molar-refractivity contribution in [2.75, 3.05) is 40.3 Å². The van der Waals surface area contributed by atoms with Gasteiger partial charge in [-0.2, -0.15) is 0 Å². The molecule has 0 bridgehead atoms. The maximum atomic E-state index is 11.8. The summed E-state index contributed by atoms with van der Waals surface area (Å²) in [6.45, 7) is 10.0. The zero-order valence-corrected chi connectivity index (χ0v) is 20.2. The summed E-state index contributed by atoms with van der Waals surface area (Å²) in [6, 6.07) is 0.391. The number of aryl methyl sites for hydroxylation is 2. The Morgan fingerprint density at radius 1 is 1.33 bits per heavy atom. The van der Waals surface area contributed by atoms with Crippen molar-refractivity contribution in [1.82, 2.24) is 25.4 Å².